The third-order valence-corrected chi connectivity index (χ3v) is 2.32. The molecule has 86 valence electrons. The molecule has 0 saturated heterocycles. The van der Waals surface area contributed by atoms with E-state index in [0.29, 0.717) is 18.9 Å². The second-order valence-corrected chi connectivity index (χ2v) is 3.63. The number of aliphatic hydroxyl groups excluding tert-OH is 1. The molecule has 0 amide bonds. The van der Waals surface area contributed by atoms with Crippen LogP contribution in [-0.2, 0) is 13.0 Å². The maximum atomic E-state index is 8.75. The third-order valence-electron chi connectivity index (χ3n) is 2.32. The second-order valence-electron chi connectivity index (χ2n) is 3.63. The lowest BCUT2D eigenvalue weighted by Crippen LogP contribution is -2.00. The fraction of sp³-hybridized carbons (Fsp3) is 0.500. The van der Waals surface area contributed by atoms with Crippen molar-refractivity contribution in [2.75, 3.05) is 6.61 Å². The molecule has 0 spiro atoms. The fourth-order valence-corrected chi connectivity index (χ4v) is 1.39. The van der Waals surface area contributed by atoms with Crippen molar-refractivity contribution in [3.8, 4) is 0 Å². The highest BCUT2D eigenvalue weighted by molar-refractivity contribution is 5.05. The van der Waals surface area contributed by atoms with Gasteiger partial charge in [0.1, 0.15) is 12.3 Å². The average Bonchev–Trinajstić information content (AvgIpc) is 2.77. The largest absolute Gasteiger partial charge is 0.444 e. The Labute approximate surface area is 92.9 Å². The SMILES string of the molecule is Cc1nc(Cn2cc(CCO)nn2)oc1C. The van der Waals surface area contributed by atoms with Gasteiger partial charge in [0.05, 0.1) is 11.4 Å². The van der Waals surface area contributed by atoms with Crippen LogP contribution in [0.4, 0.5) is 0 Å². The molecular formula is C10H14N4O2. The first-order chi connectivity index (χ1) is 7.69. The summed E-state index contributed by atoms with van der Waals surface area (Å²) in [6.07, 6.45) is 2.30. The van der Waals surface area contributed by atoms with Crippen molar-refractivity contribution in [3.05, 3.63) is 29.2 Å². The molecule has 2 aromatic heterocycles. The van der Waals surface area contributed by atoms with E-state index in [1.807, 2.05) is 13.8 Å². The van der Waals surface area contributed by atoms with Gasteiger partial charge in [-0.25, -0.2) is 9.67 Å². The number of hydrogen-bond donors (Lipinski definition) is 1. The van der Waals surface area contributed by atoms with Crippen LogP contribution in [0.15, 0.2) is 10.6 Å². The highest BCUT2D eigenvalue weighted by atomic mass is 16.4. The topological polar surface area (TPSA) is 77.0 Å². The van der Waals surface area contributed by atoms with Gasteiger partial charge in [0.2, 0.25) is 5.89 Å². The van der Waals surface area contributed by atoms with Crippen LogP contribution in [0.5, 0.6) is 0 Å². The van der Waals surface area contributed by atoms with Gasteiger partial charge in [-0.2, -0.15) is 0 Å². The number of aromatic nitrogens is 4. The predicted octanol–water partition coefficient (Wildman–Crippen LogP) is 0.466. The van der Waals surface area contributed by atoms with E-state index in [0.717, 1.165) is 17.1 Å². The van der Waals surface area contributed by atoms with Crippen LogP contribution in [0.2, 0.25) is 0 Å². The molecule has 0 fully saturated rings. The average molecular weight is 222 g/mol. The lowest BCUT2D eigenvalue weighted by atomic mass is 10.3. The Kier molecular flexibility index (Phi) is 3.00. The van der Waals surface area contributed by atoms with Gasteiger partial charge in [-0.3, -0.25) is 0 Å². The zero-order chi connectivity index (χ0) is 11.5. The summed E-state index contributed by atoms with van der Waals surface area (Å²) in [5.41, 5.74) is 1.66. The monoisotopic (exact) mass is 222 g/mol. The fourth-order valence-electron chi connectivity index (χ4n) is 1.39. The Balaban J connectivity index is 2.08. The van der Waals surface area contributed by atoms with Crippen LogP contribution in [0.3, 0.4) is 0 Å². The van der Waals surface area contributed by atoms with Crippen molar-refractivity contribution in [1.29, 1.82) is 0 Å². The number of hydrogen-bond acceptors (Lipinski definition) is 5. The van der Waals surface area contributed by atoms with Gasteiger partial charge in [-0.05, 0) is 13.8 Å². The zero-order valence-corrected chi connectivity index (χ0v) is 9.34. The van der Waals surface area contributed by atoms with Gasteiger partial charge in [0.25, 0.3) is 0 Å². The van der Waals surface area contributed by atoms with Gasteiger partial charge in [0.15, 0.2) is 0 Å². The summed E-state index contributed by atoms with van der Waals surface area (Å²) in [5, 5.41) is 16.6. The van der Waals surface area contributed by atoms with E-state index < -0.39 is 0 Å². The molecule has 6 heteroatoms. The maximum Gasteiger partial charge on any atom is 0.216 e. The van der Waals surface area contributed by atoms with Crippen molar-refractivity contribution in [2.24, 2.45) is 0 Å². The molecule has 0 aromatic carbocycles. The molecule has 0 radical (unpaired) electrons. The first-order valence-electron chi connectivity index (χ1n) is 5.12. The molecule has 0 aliphatic rings. The van der Waals surface area contributed by atoms with E-state index >= 15 is 0 Å². The first kappa shape index (κ1) is 10.8. The normalized spacial score (nSPS) is 10.9. The van der Waals surface area contributed by atoms with Crippen LogP contribution in [-0.4, -0.2) is 31.7 Å². The molecular weight excluding hydrogens is 208 g/mol. The van der Waals surface area contributed by atoms with Crippen molar-refractivity contribution < 1.29 is 9.52 Å². The summed E-state index contributed by atoms with van der Waals surface area (Å²) >= 11 is 0. The standard InChI is InChI=1S/C10H14N4O2/c1-7-8(2)16-10(11-7)6-14-5-9(3-4-15)12-13-14/h5,15H,3-4,6H2,1-2H3. The minimum atomic E-state index is 0.0793. The first-order valence-corrected chi connectivity index (χ1v) is 5.12. The molecule has 0 aliphatic heterocycles. The Bertz CT molecular complexity index is 455. The third kappa shape index (κ3) is 2.27. The van der Waals surface area contributed by atoms with Gasteiger partial charge in [-0.15, -0.1) is 5.10 Å². The Morgan fingerprint density at radius 2 is 2.25 bits per heavy atom. The summed E-state index contributed by atoms with van der Waals surface area (Å²) in [4.78, 5) is 4.26. The van der Waals surface area contributed by atoms with E-state index in [1.165, 1.54) is 0 Å². The van der Waals surface area contributed by atoms with Crippen molar-refractivity contribution in [3.63, 3.8) is 0 Å². The highest BCUT2D eigenvalue weighted by Gasteiger charge is 2.07. The van der Waals surface area contributed by atoms with E-state index in [2.05, 4.69) is 15.3 Å². The van der Waals surface area contributed by atoms with Gasteiger partial charge >= 0.3 is 0 Å². The molecule has 1 N–H and O–H groups in total. The summed E-state index contributed by atoms with van der Waals surface area (Å²) in [6.45, 7) is 4.33. The molecule has 2 heterocycles. The summed E-state index contributed by atoms with van der Waals surface area (Å²) in [5.74, 6) is 1.45. The van der Waals surface area contributed by atoms with Gasteiger partial charge in [-0.1, -0.05) is 5.21 Å². The lowest BCUT2D eigenvalue weighted by molar-refractivity contribution is 0.298. The van der Waals surface area contributed by atoms with E-state index in [1.54, 1.807) is 10.9 Å². The highest BCUT2D eigenvalue weighted by Crippen LogP contribution is 2.09. The molecule has 0 aliphatic carbocycles. The van der Waals surface area contributed by atoms with Crippen LogP contribution < -0.4 is 0 Å². The zero-order valence-electron chi connectivity index (χ0n) is 9.34. The van der Waals surface area contributed by atoms with Crippen LogP contribution in [0.1, 0.15) is 23.0 Å². The summed E-state index contributed by atoms with van der Waals surface area (Å²) in [7, 11) is 0. The number of rotatable bonds is 4. The van der Waals surface area contributed by atoms with Gasteiger partial charge in [0, 0.05) is 19.2 Å². The number of nitrogens with zero attached hydrogens (tertiary/aromatic N) is 4. The van der Waals surface area contributed by atoms with Crippen LogP contribution >= 0.6 is 0 Å². The molecule has 0 bridgehead atoms. The number of aryl methyl sites for hydroxylation is 2. The van der Waals surface area contributed by atoms with Gasteiger partial charge < -0.3 is 9.52 Å². The smallest absolute Gasteiger partial charge is 0.216 e. The van der Waals surface area contributed by atoms with E-state index in [4.69, 9.17) is 9.52 Å². The second kappa shape index (κ2) is 4.44. The van der Waals surface area contributed by atoms with E-state index in [-0.39, 0.29) is 6.61 Å². The number of aliphatic hydroxyl groups is 1. The maximum absolute atomic E-state index is 8.75. The molecule has 6 nitrogen and oxygen atoms in total. The molecule has 0 saturated carbocycles. The molecule has 0 unspecified atom stereocenters. The van der Waals surface area contributed by atoms with Crippen LogP contribution in [0.25, 0.3) is 0 Å². The predicted molar refractivity (Wildman–Crippen MR) is 55.9 cm³/mol. The quantitative estimate of drug-likeness (QED) is 0.813. The van der Waals surface area contributed by atoms with E-state index in [9.17, 15) is 0 Å². The summed E-state index contributed by atoms with van der Waals surface area (Å²) in [6, 6.07) is 0. The van der Waals surface area contributed by atoms with Crippen molar-refractivity contribution in [2.45, 2.75) is 26.8 Å². The minimum Gasteiger partial charge on any atom is -0.444 e. The van der Waals surface area contributed by atoms with Crippen molar-refractivity contribution in [1.82, 2.24) is 20.0 Å². The Hall–Kier alpha value is -1.69. The van der Waals surface area contributed by atoms with Crippen LogP contribution in [0, 0.1) is 13.8 Å². The Morgan fingerprint density at radius 3 is 2.88 bits per heavy atom. The molecule has 2 rings (SSSR count). The summed E-state index contributed by atoms with van der Waals surface area (Å²) < 4.78 is 7.09. The molecule has 2 aromatic rings. The lowest BCUT2D eigenvalue weighted by Gasteiger charge is -1.93. The number of oxazole rings is 1. The minimum absolute atomic E-state index is 0.0793. The Morgan fingerprint density at radius 1 is 1.44 bits per heavy atom. The molecule has 16 heavy (non-hydrogen) atoms. The van der Waals surface area contributed by atoms with Crippen molar-refractivity contribution >= 4 is 0 Å². The molecule has 0 atom stereocenters.